The molecule has 0 aromatic heterocycles. The average molecular weight is 289 g/mol. The Balaban J connectivity index is 2.65. The van der Waals surface area contributed by atoms with Crippen LogP contribution in [0.5, 0.6) is 0 Å². The second kappa shape index (κ2) is 6.33. The summed E-state index contributed by atoms with van der Waals surface area (Å²) in [5.41, 5.74) is -0.714. The van der Waals surface area contributed by atoms with E-state index in [1.54, 1.807) is 0 Å². The Hall–Kier alpha value is 0.230. The van der Waals surface area contributed by atoms with E-state index >= 15 is 0 Å². The van der Waals surface area contributed by atoms with Gasteiger partial charge in [0.25, 0.3) is 0 Å². The molecule has 0 aromatic carbocycles. The Morgan fingerprint density at radius 1 is 1.26 bits per heavy atom. The van der Waals surface area contributed by atoms with Gasteiger partial charge in [0.1, 0.15) is 0 Å². The molecule has 19 heavy (non-hydrogen) atoms. The van der Waals surface area contributed by atoms with E-state index in [1.807, 2.05) is 25.6 Å². The van der Waals surface area contributed by atoms with Crippen LogP contribution in [0, 0.1) is 5.92 Å². The number of hydrogen-bond donors (Lipinski definition) is 1. The second-order valence-corrected chi connectivity index (χ2v) is 7.92. The quantitative estimate of drug-likeness (QED) is 0.815. The van der Waals surface area contributed by atoms with Gasteiger partial charge in [-0.1, -0.05) is 0 Å². The lowest BCUT2D eigenvalue weighted by atomic mass is 9.84. The molecule has 1 heterocycles. The van der Waals surface area contributed by atoms with Crippen molar-refractivity contribution in [2.75, 3.05) is 25.6 Å². The Kier molecular flexibility index (Phi) is 5.76. The zero-order valence-corrected chi connectivity index (χ0v) is 14.4. The molecule has 1 saturated heterocycles. The average Bonchev–Trinajstić information content (AvgIpc) is 2.44. The molecule has 0 saturated carbocycles. The fraction of sp³-hybridized carbons (Fsp3) is 1.00. The topological polar surface area (TPSA) is 32.7 Å². The van der Waals surface area contributed by atoms with Crippen molar-refractivity contribution in [1.29, 1.82) is 0 Å². The zero-order valence-electron chi connectivity index (χ0n) is 13.6. The van der Waals surface area contributed by atoms with Crippen molar-refractivity contribution < 1.29 is 9.84 Å². The molecule has 0 spiro atoms. The van der Waals surface area contributed by atoms with Gasteiger partial charge >= 0.3 is 0 Å². The molecule has 0 amide bonds. The third kappa shape index (κ3) is 4.10. The first-order valence-corrected chi connectivity index (χ1v) is 8.58. The number of rotatable bonds is 6. The fourth-order valence-electron chi connectivity index (χ4n) is 3.00. The molecule has 0 aliphatic carbocycles. The van der Waals surface area contributed by atoms with Gasteiger partial charge in [0.15, 0.2) is 0 Å². The summed E-state index contributed by atoms with van der Waals surface area (Å²) in [7, 11) is 2.15. The van der Waals surface area contributed by atoms with E-state index in [0.717, 1.165) is 6.54 Å². The standard InChI is InChI=1S/C15H31NO2S/c1-11(8-9-19-7)16(6)10-12-13(17)15(4,5)18-14(12,2)3/h11-13,17H,8-10H2,1-7H3. The summed E-state index contributed by atoms with van der Waals surface area (Å²) in [6.07, 6.45) is 2.93. The summed E-state index contributed by atoms with van der Waals surface area (Å²) in [4.78, 5) is 2.36. The third-order valence-electron chi connectivity index (χ3n) is 4.49. The molecule has 0 radical (unpaired) electrons. The number of aliphatic hydroxyl groups excluding tert-OH is 1. The Labute approximate surface area is 123 Å². The molecule has 1 rings (SSSR count). The van der Waals surface area contributed by atoms with Gasteiger partial charge in [0.2, 0.25) is 0 Å². The van der Waals surface area contributed by atoms with Crippen LogP contribution in [0.4, 0.5) is 0 Å². The Morgan fingerprint density at radius 3 is 2.26 bits per heavy atom. The molecule has 3 atom stereocenters. The van der Waals surface area contributed by atoms with Crippen molar-refractivity contribution in [2.45, 2.75) is 64.4 Å². The van der Waals surface area contributed by atoms with Crippen molar-refractivity contribution >= 4 is 11.8 Å². The van der Waals surface area contributed by atoms with Gasteiger partial charge in [-0.15, -0.1) is 0 Å². The SMILES string of the molecule is CSCCC(C)N(C)CC1C(O)C(C)(C)OC1(C)C. The number of thioether (sulfide) groups is 1. The van der Waals surface area contributed by atoms with Crippen LogP contribution in [-0.2, 0) is 4.74 Å². The largest absolute Gasteiger partial charge is 0.390 e. The van der Waals surface area contributed by atoms with E-state index in [9.17, 15) is 5.11 Å². The van der Waals surface area contributed by atoms with E-state index in [-0.39, 0.29) is 11.5 Å². The minimum absolute atomic E-state index is 0.157. The molecule has 1 aliphatic heterocycles. The minimum Gasteiger partial charge on any atom is -0.390 e. The number of hydrogen-bond acceptors (Lipinski definition) is 4. The summed E-state index contributed by atoms with van der Waals surface area (Å²) in [6.45, 7) is 11.3. The molecule has 0 bridgehead atoms. The number of nitrogens with zero attached hydrogens (tertiary/aromatic N) is 1. The van der Waals surface area contributed by atoms with Crippen LogP contribution in [0.15, 0.2) is 0 Å². The zero-order chi connectivity index (χ0) is 14.8. The maximum absolute atomic E-state index is 10.5. The van der Waals surface area contributed by atoms with Crippen LogP contribution in [0.2, 0.25) is 0 Å². The molecular formula is C15H31NO2S. The third-order valence-corrected chi connectivity index (χ3v) is 5.13. The first-order chi connectivity index (χ1) is 8.62. The number of ether oxygens (including phenoxy) is 1. The lowest BCUT2D eigenvalue weighted by molar-refractivity contribution is -0.0913. The monoisotopic (exact) mass is 289 g/mol. The highest BCUT2D eigenvalue weighted by atomic mass is 32.2. The summed E-state index contributed by atoms with van der Waals surface area (Å²) < 4.78 is 6.04. The Morgan fingerprint density at radius 2 is 1.84 bits per heavy atom. The predicted molar refractivity (Wildman–Crippen MR) is 83.8 cm³/mol. The summed E-state index contributed by atoms with van der Waals surface area (Å²) in [6, 6.07) is 0.541. The normalized spacial score (nSPS) is 30.8. The van der Waals surface area contributed by atoms with Crippen molar-refractivity contribution in [3.63, 3.8) is 0 Å². The van der Waals surface area contributed by atoms with Crippen LogP contribution in [-0.4, -0.2) is 59.0 Å². The highest BCUT2D eigenvalue weighted by molar-refractivity contribution is 7.98. The molecule has 0 aromatic rings. The molecule has 4 heteroatoms. The van der Waals surface area contributed by atoms with Crippen molar-refractivity contribution in [3.8, 4) is 0 Å². The number of aliphatic hydroxyl groups is 1. The van der Waals surface area contributed by atoms with Gasteiger partial charge in [-0.05, 0) is 60.1 Å². The van der Waals surface area contributed by atoms with Gasteiger partial charge in [-0.2, -0.15) is 11.8 Å². The molecule has 1 aliphatic rings. The van der Waals surface area contributed by atoms with E-state index in [1.165, 1.54) is 12.2 Å². The smallest absolute Gasteiger partial charge is 0.0896 e. The van der Waals surface area contributed by atoms with Crippen molar-refractivity contribution in [1.82, 2.24) is 4.90 Å². The van der Waals surface area contributed by atoms with Gasteiger partial charge in [-0.3, -0.25) is 0 Å². The van der Waals surface area contributed by atoms with Crippen LogP contribution in [0.3, 0.4) is 0 Å². The van der Waals surface area contributed by atoms with Gasteiger partial charge in [0, 0.05) is 18.5 Å². The highest BCUT2D eigenvalue weighted by Gasteiger charge is 2.53. The van der Waals surface area contributed by atoms with E-state index in [2.05, 4.69) is 39.0 Å². The maximum Gasteiger partial charge on any atom is 0.0896 e. The molecule has 114 valence electrons. The summed E-state index contributed by atoms with van der Waals surface area (Å²) >= 11 is 1.89. The minimum atomic E-state index is -0.447. The van der Waals surface area contributed by atoms with Crippen LogP contribution in [0.1, 0.15) is 41.0 Å². The van der Waals surface area contributed by atoms with Gasteiger partial charge in [0.05, 0.1) is 17.3 Å². The molecular weight excluding hydrogens is 258 g/mol. The second-order valence-electron chi connectivity index (χ2n) is 6.93. The van der Waals surface area contributed by atoms with Crippen molar-refractivity contribution in [2.24, 2.45) is 5.92 Å². The highest BCUT2D eigenvalue weighted by Crippen LogP contribution is 2.42. The molecule has 1 N–H and O–H groups in total. The lowest BCUT2D eigenvalue weighted by Gasteiger charge is -2.33. The first-order valence-electron chi connectivity index (χ1n) is 7.19. The predicted octanol–water partition coefficient (Wildman–Crippen LogP) is 2.62. The lowest BCUT2D eigenvalue weighted by Crippen LogP contribution is -2.44. The first kappa shape index (κ1) is 17.3. The Bertz CT molecular complexity index is 294. The van der Waals surface area contributed by atoms with E-state index in [4.69, 9.17) is 4.74 Å². The van der Waals surface area contributed by atoms with E-state index in [0.29, 0.717) is 6.04 Å². The molecule has 3 unspecified atom stereocenters. The summed E-state index contributed by atoms with van der Waals surface area (Å²) in [5, 5.41) is 10.5. The molecule has 3 nitrogen and oxygen atoms in total. The molecule has 1 fully saturated rings. The fourth-order valence-corrected chi connectivity index (χ4v) is 3.57. The van der Waals surface area contributed by atoms with Crippen molar-refractivity contribution in [3.05, 3.63) is 0 Å². The van der Waals surface area contributed by atoms with Crippen LogP contribution < -0.4 is 0 Å². The van der Waals surface area contributed by atoms with Gasteiger partial charge in [-0.25, -0.2) is 0 Å². The maximum atomic E-state index is 10.5. The van der Waals surface area contributed by atoms with Crippen LogP contribution in [0.25, 0.3) is 0 Å². The summed E-state index contributed by atoms with van der Waals surface area (Å²) in [5.74, 6) is 1.34. The van der Waals surface area contributed by atoms with E-state index < -0.39 is 11.7 Å². The van der Waals surface area contributed by atoms with Gasteiger partial charge < -0.3 is 14.7 Å². The van der Waals surface area contributed by atoms with Crippen LogP contribution >= 0.6 is 11.8 Å².